The number of nitrogens with two attached hydrogens (primary N) is 1. The van der Waals surface area contributed by atoms with Gasteiger partial charge >= 0.3 is 0 Å². The maximum Gasteiger partial charge on any atom is 0.274 e. The second kappa shape index (κ2) is 5.72. The van der Waals surface area contributed by atoms with Crippen molar-refractivity contribution < 1.29 is 9.31 Å². The number of rotatable bonds is 4. The summed E-state index contributed by atoms with van der Waals surface area (Å²) in [7, 11) is 0. The van der Waals surface area contributed by atoms with E-state index in [0.717, 1.165) is 0 Å². The fourth-order valence-corrected chi connectivity index (χ4v) is 2.33. The Morgan fingerprint density at radius 1 is 1.59 bits per heavy atom. The van der Waals surface area contributed by atoms with Crippen molar-refractivity contribution in [2.75, 3.05) is 0 Å². The summed E-state index contributed by atoms with van der Waals surface area (Å²) in [5.41, 5.74) is 6.11. The minimum Gasteiger partial charge on any atom is -0.327 e. The molecule has 0 amide bonds. The van der Waals surface area contributed by atoms with Crippen LogP contribution in [0.25, 0.3) is 0 Å². The normalized spacial score (nSPS) is 14.4. The van der Waals surface area contributed by atoms with Gasteiger partial charge in [-0.1, -0.05) is 6.92 Å². The molecule has 0 heterocycles. The van der Waals surface area contributed by atoms with Gasteiger partial charge in [0.2, 0.25) is 0 Å². The SMILES string of the molecule is CCC(c1cc(F)c(I)cc1[N+](=O)[O-])C(C)N. The van der Waals surface area contributed by atoms with Crippen LogP contribution in [0.15, 0.2) is 12.1 Å². The highest BCUT2D eigenvalue weighted by Crippen LogP contribution is 2.33. The van der Waals surface area contributed by atoms with Gasteiger partial charge in [0.25, 0.3) is 5.69 Å². The zero-order chi connectivity index (χ0) is 13.2. The fraction of sp³-hybridized carbons (Fsp3) is 0.455. The lowest BCUT2D eigenvalue weighted by molar-refractivity contribution is -0.385. The molecule has 0 fully saturated rings. The lowest BCUT2D eigenvalue weighted by Gasteiger charge is -2.19. The lowest BCUT2D eigenvalue weighted by Crippen LogP contribution is -2.25. The summed E-state index contributed by atoms with van der Waals surface area (Å²) in [4.78, 5) is 10.5. The molecule has 0 aliphatic heterocycles. The van der Waals surface area contributed by atoms with Crippen LogP contribution in [0.3, 0.4) is 0 Å². The predicted octanol–water partition coefficient (Wildman–Crippen LogP) is 3.18. The average molecular weight is 352 g/mol. The minimum atomic E-state index is -0.484. The standard InChI is InChI=1S/C11H14FIN2O2/c1-3-7(6(2)14)8-4-9(12)10(13)5-11(8)15(16)17/h4-7H,3,14H2,1-2H3. The average Bonchev–Trinajstić information content (AvgIpc) is 2.22. The van der Waals surface area contributed by atoms with E-state index in [1.807, 2.05) is 6.92 Å². The fourth-order valence-electron chi connectivity index (χ4n) is 1.88. The number of halogens is 2. The highest BCUT2D eigenvalue weighted by molar-refractivity contribution is 14.1. The Kier molecular flexibility index (Phi) is 4.81. The van der Waals surface area contributed by atoms with Gasteiger partial charge < -0.3 is 5.73 Å². The molecule has 0 radical (unpaired) electrons. The van der Waals surface area contributed by atoms with Gasteiger partial charge in [-0.2, -0.15) is 0 Å². The Hall–Kier alpha value is -0.760. The molecule has 2 atom stereocenters. The molecule has 1 aromatic rings. The highest BCUT2D eigenvalue weighted by Gasteiger charge is 2.25. The maximum absolute atomic E-state index is 13.5. The molecule has 2 unspecified atom stereocenters. The molecule has 0 saturated carbocycles. The quantitative estimate of drug-likeness (QED) is 0.514. The van der Waals surface area contributed by atoms with Gasteiger partial charge in [-0.25, -0.2) is 4.39 Å². The Morgan fingerprint density at radius 3 is 2.59 bits per heavy atom. The second-order valence-electron chi connectivity index (χ2n) is 3.96. The summed E-state index contributed by atoms with van der Waals surface area (Å²) >= 11 is 1.74. The number of nitro benzene ring substituents is 1. The first-order chi connectivity index (χ1) is 7.88. The van der Waals surface area contributed by atoms with Crippen LogP contribution in [0, 0.1) is 19.5 Å². The lowest BCUT2D eigenvalue weighted by atomic mass is 9.89. The number of benzene rings is 1. The van der Waals surface area contributed by atoms with Crippen LogP contribution < -0.4 is 5.73 Å². The van der Waals surface area contributed by atoms with E-state index in [4.69, 9.17) is 5.73 Å². The van der Waals surface area contributed by atoms with Gasteiger partial charge in [-0.3, -0.25) is 10.1 Å². The van der Waals surface area contributed by atoms with Gasteiger partial charge in [0.15, 0.2) is 0 Å². The summed E-state index contributed by atoms with van der Waals surface area (Å²) in [5.74, 6) is -0.646. The molecule has 17 heavy (non-hydrogen) atoms. The molecule has 0 bridgehead atoms. The van der Waals surface area contributed by atoms with Crippen LogP contribution in [0.1, 0.15) is 31.7 Å². The zero-order valence-corrected chi connectivity index (χ0v) is 11.8. The van der Waals surface area contributed by atoms with Crippen molar-refractivity contribution in [3.8, 4) is 0 Å². The first-order valence-electron chi connectivity index (χ1n) is 5.27. The van der Waals surface area contributed by atoms with Crippen molar-refractivity contribution in [2.24, 2.45) is 5.73 Å². The van der Waals surface area contributed by atoms with Crippen LogP contribution in [0.2, 0.25) is 0 Å². The smallest absolute Gasteiger partial charge is 0.274 e. The molecule has 1 aromatic carbocycles. The van der Waals surface area contributed by atoms with E-state index in [-0.39, 0.29) is 21.2 Å². The topological polar surface area (TPSA) is 69.2 Å². The molecular formula is C11H14FIN2O2. The Balaban J connectivity index is 3.39. The zero-order valence-electron chi connectivity index (χ0n) is 9.61. The highest BCUT2D eigenvalue weighted by atomic mass is 127. The first kappa shape index (κ1) is 14.3. The third-order valence-electron chi connectivity index (χ3n) is 2.74. The van der Waals surface area contributed by atoms with Crippen molar-refractivity contribution in [3.63, 3.8) is 0 Å². The Labute approximate surface area is 113 Å². The van der Waals surface area contributed by atoms with E-state index in [9.17, 15) is 14.5 Å². The van der Waals surface area contributed by atoms with Crippen molar-refractivity contribution in [1.29, 1.82) is 0 Å². The van der Waals surface area contributed by atoms with Crippen molar-refractivity contribution in [3.05, 3.63) is 37.2 Å². The number of nitrogens with zero attached hydrogens (tertiary/aromatic N) is 1. The van der Waals surface area contributed by atoms with Gasteiger partial charge in [-0.05, 0) is 42.0 Å². The summed E-state index contributed by atoms with van der Waals surface area (Å²) in [6, 6.07) is 2.24. The monoisotopic (exact) mass is 352 g/mol. The van der Waals surface area contributed by atoms with Crippen LogP contribution in [0.4, 0.5) is 10.1 Å². The molecule has 0 spiro atoms. The third-order valence-corrected chi connectivity index (χ3v) is 3.57. The molecule has 4 nitrogen and oxygen atoms in total. The number of hydrogen-bond acceptors (Lipinski definition) is 3. The maximum atomic E-state index is 13.5. The van der Waals surface area contributed by atoms with E-state index < -0.39 is 10.7 Å². The predicted molar refractivity (Wildman–Crippen MR) is 72.5 cm³/mol. The summed E-state index contributed by atoms with van der Waals surface area (Å²) in [6.45, 7) is 3.65. The van der Waals surface area contributed by atoms with Crippen LogP contribution in [0.5, 0.6) is 0 Å². The van der Waals surface area contributed by atoms with E-state index in [2.05, 4.69) is 0 Å². The molecule has 0 aromatic heterocycles. The minimum absolute atomic E-state index is 0.0556. The summed E-state index contributed by atoms with van der Waals surface area (Å²) in [5, 5.41) is 11.0. The molecule has 6 heteroatoms. The van der Waals surface area contributed by atoms with Crippen LogP contribution in [-0.2, 0) is 0 Å². The van der Waals surface area contributed by atoms with Gasteiger partial charge in [-0.15, -0.1) is 0 Å². The molecular weight excluding hydrogens is 338 g/mol. The second-order valence-corrected chi connectivity index (χ2v) is 5.12. The van der Waals surface area contributed by atoms with E-state index in [1.165, 1.54) is 12.1 Å². The van der Waals surface area contributed by atoms with Crippen molar-refractivity contribution in [1.82, 2.24) is 0 Å². The first-order valence-corrected chi connectivity index (χ1v) is 6.35. The number of nitro groups is 1. The van der Waals surface area contributed by atoms with E-state index in [0.29, 0.717) is 12.0 Å². The van der Waals surface area contributed by atoms with Gasteiger partial charge in [0.1, 0.15) is 5.82 Å². The third kappa shape index (κ3) is 3.12. The molecule has 1 rings (SSSR count). The summed E-state index contributed by atoms with van der Waals surface area (Å²) < 4.78 is 13.8. The summed E-state index contributed by atoms with van der Waals surface area (Å²) in [6.07, 6.45) is 0.637. The molecule has 94 valence electrons. The van der Waals surface area contributed by atoms with Gasteiger partial charge in [0, 0.05) is 23.6 Å². The van der Waals surface area contributed by atoms with E-state index >= 15 is 0 Å². The largest absolute Gasteiger partial charge is 0.327 e. The molecule has 2 N–H and O–H groups in total. The van der Waals surface area contributed by atoms with Gasteiger partial charge in [0.05, 0.1) is 8.49 Å². The van der Waals surface area contributed by atoms with Crippen LogP contribution >= 0.6 is 22.6 Å². The number of hydrogen-bond donors (Lipinski definition) is 1. The molecule has 0 aliphatic carbocycles. The van der Waals surface area contributed by atoms with E-state index in [1.54, 1.807) is 29.5 Å². The molecule has 0 saturated heterocycles. The van der Waals surface area contributed by atoms with Crippen molar-refractivity contribution in [2.45, 2.75) is 32.2 Å². The Bertz CT molecular complexity index is 438. The van der Waals surface area contributed by atoms with Crippen LogP contribution in [-0.4, -0.2) is 11.0 Å². The van der Waals surface area contributed by atoms with Crippen molar-refractivity contribution >= 4 is 28.3 Å². The Morgan fingerprint density at radius 2 is 2.18 bits per heavy atom. The molecule has 0 aliphatic rings.